The largest absolute Gasteiger partial charge is 0.369 e. The van der Waals surface area contributed by atoms with Crippen molar-refractivity contribution in [1.29, 1.82) is 5.26 Å². The number of hydrogen-bond acceptors (Lipinski definition) is 3. The molecular weight excluding hydrogens is 164 g/mol. The third kappa shape index (κ3) is 2.91. The van der Waals surface area contributed by atoms with E-state index in [4.69, 9.17) is 5.26 Å². The van der Waals surface area contributed by atoms with Gasteiger partial charge in [-0.25, -0.2) is 9.98 Å². The van der Waals surface area contributed by atoms with E-state index in [9.17, 15) is 0 Å². The van der Waals surface area contributed by atoms with Crippen LogP contribution in [0.15, 0.2) is 23.3 Å². The molecule has 0 aliphatic rings. The topological polar surface area (TPSA) is 52.3 Å². The van der Waals surface area contributed by atoms with Gasteiger partial charge in [-0.1, -0.05) is 0 Å². The van der Waals surface area contributed by atoms with Crippen LogP contribution in [0.5, 0.6) is 0 Å². The molecule has 0 unspecified atom stereocenters. The number of hydrogen-bond donors (Lipinski definition) is 0. The molecule has 13 heavy (non-hydrogen) atoms. The SMILES string of the molecule is CN(C)/C=N\c1ccc(C#N)cn1. The average molecular weight is 174 g/mol. The van der Waals surface area contributed by atoms with Crippen molar-refractivity contribution in [3.8, 4) is 6.07 Å². The fourth-order valence-corrected chi connectivity index (χ4v) is 0.703. The van der Waals surface area contributed by atoms with Crippen molar-refractivity contribution >= 4 is 12.2 Å². The zero-order chi connectivity index (χ0) is 9.68. The van der Waals surface area contributed by atoms with Crippen molar-refractivity contribution in [3.05, 3.63) is 23.9 Å². The summed E-state index contributed by atoms with van der Waals surface area (Å²) in [6, 6.07) is 5.39. The summed E-state index contributed by atoms with van der Waals surface area (Å²) >= 11 is 0. The quantitative estimate of drug-likeness (QED) is 0.499. The molecule has 1 aromatic rings. The lowest BCUT2D eigenvalue weighted by Gasteiger charge is -2.01. The molecule has 66 valence electrons. The van der Waals surface area contributed by atoms with Crippen molar-refractivity contribution in [3.63, 3.8) is 0 Å². The minimum absolute atomic E-state index is 0.545. The van der Waals surface area contributed by atoms with E-state index < -0.39 is 0 Å². The Hall–Kier alpha value is -1.89. The predicted molar refractivity (Wildman–Crippen MR) is 50.8 cm³/mol. The lowest BCUT2D eigenvalue weighted by atomic mass is 10.3. The van der Waals surface area contributed by atoms with Crippen LogP contribution in [-0.4, -0.2) is 30.3 Å². The molecule has 1 rings (SSSR count). The van der Waals surface area contributed by atoms with Crippen molar-refractivity contribution in [1.82, 2.24) is 9.88 Å². The predicted octanol–water partition coefficient (Wildman–Crippen LogP) is 1.17. The molecular formula is C9H10N4. The van der Waals surface area contributed by atoms with Crippen molar-refractivity contribution in [2.45, 2.75) is 0 Å². The Balaban J connectivity index is 2.76. The summed E-state index contributed by atoms with van der Waals surface area (Å²) < 4.78 is 0. The molecule has 1 aromatic heterocycles. The van der Waals surface area contributed by atoms with Crippen LogP contribution in [0.3, 0.4) is 0 Å². The van der Waals surface area contributed by atoms with Crippen LogP contribution >= 0.6 is 0 Å². The summed E-state index contributed by atoms with van der Waals surface area (Å²) in [4.78, 5) is 9.86. The Kier molecular flexibility index (Phi) is 2.98. The highest BCUT2D eigenvalue weighted by molar-refractivity contribution is 5.58. The molecule has 0 saturated carbocycles. The van der Waals surface area contributed by atoms with Gasteiger partial charge in [0.05, 0.1) is 11.9 Å². The zero-order valence-corrected chi connectivity index (χ0v) is 7.60. The molecule has 0 bridgehead atoms. The number of pyridine rings is 1. The van der Waals surface area contributed by atoms with Gasteiger partial charge >= 0.3 is 0 Å². The van der Waals surface area contributed by atoms with E-state index in [1.54, 1.807) is 18.5 Å². The maximum absolute atomic E-state index is 8.51. The molecule has 1 heterocycles. The van der Waals surface area contributed by atoms with Gasteiger partial charge in [-0.15, -0.1) is 0 Å². The number of rotatable bonds is 2. The van der Waals surface area contributed by atoms with Gasteiger partial charge in [0.1, 0.15) is 6.07 Å². The second kappa shape index (κ2) is 4.21. The summed E-state index contributed by atoms with van der Waals surface area (Å²) in [5.41, 5.74) is 0.545. The van der Waals surface area contributed by atoms with E-state index in [1.807, 2.05) is 25.1 Å². The number of aliphatic imine (C=N–C) groups is 1. The molecule has 0 saturated heterocycles. The first-order valence-electron chi connectivity index (χ1n) is 3.79. The second-order valence-corrected chi connectivity index (χ2v) is 2.73. The molecule has 4 heteroatoms. The van der Waals surface area contributed by atoms with Gasteiger partial charge in [0.15, 0.2) is 5.82 Å². The fraction of sp³-hybridized carbons (Fsp3) is 0.222. The lowest BCUT2D eigenvalue weighted by Crippen LogP contribution is -2.07. The summed E-state index contributed by atoms with van der Waals surface area (Å²) in [5.74, 6) is 0.604. The molecule has 0 radical (unpaired) electrons. The molecule has 0 aliphatic heterocycles. The van der Waals surface area contributed by atoms with Crippen LogP contribution in [0.4, 0.5) is 5.82 Å². The fourth-order valence-electron chi connectivity index (χ4n) is 0.703. The Bertz CT molecular complexity index is 332. The monoisotopic (exact) mass is 174 g/mol. The summed E-state index contributed by atoms with van der Waals surface area (Å²) in [6.07, 6.45) is 3.16. The maximum atomic E-state index is 8.51. The Morgan fingerprint density at radius 3 is 2.77 bits per heavy atom. The maximum Gasteiger partial charge on any atom is 0.153 e. The van der Waals surface area contributed by atoms with Crippen LogP contribution in [0.2, 0.25) is 0 Å². The summed E-state index contributed by atoms with van der Waals surface area (Å²) in [6.45, 7) is 0. The van der Waals surface area contributed by atoms with E-state index in [2.05, 4.69) is 9.98 Å². The Morgan fingerprint density at radius 1 is 1.54 bits per heavy atom. The minimum Gasteiger partial charge on any atom is -0.369 e. The molecule has 0 N–H and O–H groups in total. The third-order valence-corrected chi connectivity index (χ3v) is 1.30. The van der Waals surface area contributed by atoms with Gasteiger partial charge < -0.3 is 4.90 Å². The first-order valence-corrected chi connectivity index (χ1v) is 3.79. The first kappa shape index (κ1) is 9.20. The van der Waals surface area contributed by atoms with Gasteiger partial charge in [-0.2, -0.15) is 5.26 Å². The van der Waals surface area contributed by atoms with Crippen molar-refractivity contribution < 1.29 is 0 Å². The standard InChI is InChI=1S/C9H10N4/c1-13(2)7-12-9-4-3-8(5-10)6-11-9/h3-4,6-7H,1-2H3/b12-7-. The van der Waals surface area contributed by atoms with Crippen LogP contribution in [0.1, 0.15) is 5.56 Å². The van der Waals surface area contributed by atoms with Crippen molar-refractivity contribution in [2.24, 2.45) is 4.99 Å². The molecule has 0 atom stereocenters. The van der Waals surface area contributed by atoms with Gasteiger partial charge in [0.25, 0.3) is 0 Å². The van der Waals surface area contributed by atoms with E-state index >= 15 is 0 Å². The second-order valence-electron chi connectivity index (χ2n) is 2.73. The van der Waals surface area contributed by atoms with Gasteiger partial charge in [-0.3, -0.25) is 0 Å². The van der Waals surface area contributed by atoms with Crippen LogP contribution in [-0.2, 0) is 0 Å². The molecule has 4 nitrogen and oxygen atoms in total. The number of aromatic nitrogens is 1. The first-order chi connectivity index (χ1) is 6.22. The van der Waals surface area contributed by atoms with Crippen LogP contribution < -0.4 is 0 Å². The Morgan fingerprint density at radius 2 is 2.31 bits per heavy atom. The minimum atomic E-state index is 0.545. The number of nitriles is 1. The van der Waals surface area contributed by atoms with Gasteiger partial charge in [0, 0.05) is 20.3 Å². The smallest absolute Gasteiger partial charge is 0.153 e. The van der Waals surface area contributed by atoms with Gasteiger partial charge in [-0.05, 0) is 12.1 Å². The highest BCUT2D eigenvalue weighted by Gasteiger charge is 1.91. The highest BCUT2D eigenvalue weighted by Crippen LogP contribution is 2.06. The van der Waals surface area contributed by atoms with E-state index in [-0.39, 0.29) is 0 Å². The van der Waals surface area contributed by atoms with E-state index in [1.165, 1.54) is 6.20 Å². The summed E-state index contributed by atoms with van der Waals surface area (Å²) in [5, 5.41) is 8.51. The molecule has 0 amide bonds. The molecule has 0 spiro atoms. The van der Waals surface area contributed by atoms with Crippen LogP contribution in [0, 0.1) is 11.3 Å². The normalized spacial score (nSPS) is 9.92. The summed E-state index contributed by atoms with van der Waals surface area (Å²) in [7, 11) is 3.76. The molecule has 0 fully saturated rings. The lowest BCUT2D eigenvalue weighted by molar-refractivity contribution is 0.643. The van der Waals surface area contributed by atoms with Gasteiger partial charge in [0.2, 0.25) is 0 Å². The third-order valence-electron chi connectivity index (χ3n) is 1.30. The molecule has 0 aromatic carbocycles. The van der Waals surface area contributed by atoms with Crippen LogP contribution in [0.25, 0.3) is 0 Å². The average Bonchev–Trinajstić information content (AvgIpc) is 2.15. The molecule has 0 aliphatic carbocycles. The highest BCUT2D eigenvalue weighted by atomic mass is 15.1. The Labute approximate surface area is 77.2 Å². The zero-order valence-electron chi connectivity index (χ0n) is 7.60. The number of nitrogens with zero attached hydrogens (tertiary/aromatic N) is 4. The van der Waals surface area contributed by atoms with E-state index in [0.717, 1.165) is 0 Å². The van der Waals surface area contributed by atoms with Crippen molar-refractivity contribution in [2.75, 3.05) is 14.1 Å². The van der Waals surface area contributed by atoms with E-state index in [0.29, 0.717) is 11.4 Å².